The Balaban J connectivity index is 1.85. The number of likely N-dealkylation sites (N-methyl/N-ethyl adjacent to an activating group) is 1. The quantitative estimate of drug-likeness (QED) is 0.705. The third kappa shape index (κ3) is 6.44. The summed E-state index contributed by atoms with van der Waals surface area (Å²) >= 11 is 0. The average molecular weight is 411 g/mol. The van der Waals surface area contributed by atoms with Crippen LogP contribution in [0.5, 0.6) is 0 Å². The Morgan fingerprint density at radius 2 is 1.63 bits per heavy atom. The summed E-state index contributed by atoms with van der Waals surface area (Å²) in [6.07, 6.45) is 0.790. The summed E-state index contributed by atoms with van der Waals surface area (Å²) in [5, 5.41) is 2.81. The molecule has 160 valence electrons. The van der Waals surface area contributed by atoms with Gasteiger partial charge in [0, 0.05) is 12.7 Å². The van der Waals surface area contributed by atoms with Crippen molar-refractivity contribution < 1.29 is 19.1 Å². The van der Waals surface area contributed by atoms with Crippen molar-refractivity contribution in [1.82, 2.24) is 4.90 Å². The molecular formula is C24H30N2O4. The Labute approximate surface area is 178 Å². The minimum atomic E-state index is -0.571. The standard InChI is InChI=1S/C24H30N2O4/c1-6-17-9-7-8-10-20(17)25-21(27)15-26(5)22(28)16-30-23(29)18-11-13-19(14-12-18)24(2,3)4/h7-14H,6,15-16H2,1-5H3,(H,25,27). The van der Waals surface area contributed by atoms with Gasteiger partial charge < -0.3 is 15.0 Å². The summed E-state index contributed by atoms with van der Waals surface area (Å²) in [4.78, 5) is 37.9. The first-order valence-corrected chi connectivity index (χ1v) is 10.0. The van der Waals surface area contributed by atoms with Crippen LogP contribution in [0.1, 0.15) is 49.2 Å². The number of esters is 1. The van der Waals surface area contributed by atoms with Crippen LogP contribution in [0.15, 0.2) is 48.5 Å². The van der Waals surface area contributed by atoms with Gasteiger partial charge in [0.25, 0.3) is 5.91 Å². The number of hydrogen-bond donors (Lipinski definition) is 1. The van der Waals surface area contributed by atoms with Gasteiger partial charge in [-0.15, -0.1) is 0 Å². The summed E-state index contributed by atoms with van der Waals surface area (Å²) in [5.74, 6) is -1.33. The van der Waals surface area contributed by atoms with Crippen LogP contribution in [0.3, 0.4) is 0 Å². The monoisotopic (exact) mass is 410 g/mol. The summed E-state index contributed by atoms with van der Waals surface area (Å²) in [6.45, 7) is 7.72. The highest BCUT2D eigenvalue weighted by Gasteiger charge is 2.18. The molecule has 0 heterocycles. The van der Waals surface area contributed by atoms with Gasteiger partial charge in [-0.25, -0.2) is 4.79 Å². The molecule has 0 atom stereocenters. The summed E-state index contributed by atoms with van der Waals surface area (Å²) in [7, 11) is 1.50. The zero-order valence-electron chi connectivity index (χ0n) is 18.3. The fourth-order valence-corrected chi connectivity index (χ4v) is 2.87. The van der Waals surface area contributed by atoms with E-state index in [0.29, 0.717) is 5.56 Å². The van der Waals surface area contributed by atoms with Crippen molar-refractivity contribution in [2.45, 2.75) is 39.5 Å². The molecule has 0 aliphatic rings. The van der Waals surface area contributed by atoms with Crippen molar-refractivity contribution in [1.29, 1.82) is 0 Å². The first kappa shape index (κ1) is 23.1. The fraction of sp³-hybridized carbons (Fsp3) is 0.375. The van der Waals surface area contributed by atoms with Crippen LogP contribution in [0, 0.1) is 0 Å². The fourth-order valence-electron chi connectivity index (χ4n) is 2.87. The van der Waals surface area contributed by atoms with Crippen LogP contribution >= 0.6 is 0 Å². The van der Waals surface area contributed by atoms with E-state index in [4.69, 9.17) is 4.74 Å². The van der Waals surface area contributed by atoms with Gasteiger partial charge >= 0.3 is 5.97 Å². The lowest BCUT2D eigenvalue weighted by atomic mass is 9.87. The van der Waals surface area contributed by atoms with Gasteiger partial charge in [-0.05, 0) is 41.2 Å². The van der Waals surface area contributed by atoms with Gasteiger partial charge in [0.1, 0.15) is 0 Å². The van der Waals surface area contributed by atoms with E-state index in [1.807, 2.05) is 43.3 Å². The SMILES string of the molecule is CCc1ccccc1NC(=O)CN(C)C(=O)COC(=O)c1ccc(C(C)(C)C)cc1. The number of aryl methyl sites for hydroxylation is 1. The molecule has 2 aromatic carbocycles. The summed E-state index contributed by atoms with van der Waals surface area (Å²) in [5.41, 5.74) is 3.22. The van der Waals surface area contributed by atoms with Gasteiger partial charge in [0.15, 0.2) is 6.61 Å². The van der Waals surface area contributed by atoms with Crippen LogP contribution in [0.2, 0.25) is 0 Å². The highest BCUT2D eigenvalue weighted by Crippen LogP contribution is 2.22. The number of anilines is 1. The van der Waals surface area contributed by atoms with E-state index in [2.05, 4.69) is 26.1 Å². The highest BCUT2D eigenvalue weighted by atomic mass is 16.5. The minimum Gasteiger partial charge on any atom is -0.452 e. The van der Waals surface area contributed by atoms with Crippen molar-refractivity contribution >= 4 is 23.5 Å². The number of nitrogens with one attached hydrogen (secondary N) is 1. The molecule has 0 aliphatic heterocycles. The molecule has 0 aliphatic carbocycles. The summed E-state index contributed by atoms with van der Waals surface area (Å²) < 4.78 is 5.11. The Morgan fingerprint density at radius 3 is 2.23 bits per heavy atom. The first-order chi connectivity index (χ1) is 14.1. The Kier molecular flexibility index (Phi) is 7.75. The molecule has 0 unspecified atom stereocenters. The second-order valence-corrected chi connectivity index (χ2v) is 8.21. The van der Waals surface area contributed by atoms with Crippen LogP contribution in [-0.2, 0) is 26.2 Å². The number of amides is 2. The molecule has 0 bridgehead atoms. The predicted molar refractivity (Wildman–Crippen MR) is 118 cm³/mol. The topological polar surface area (TPSA) is 75.7 Å². The van der Waals surface area contributed by atoms with E-state index >= 15 is 0 Å². The predicted octanol–water partition coefficient (Wildman–Crippen LogP) is 3.80. The Bertz CT molecular complexity index is 898. The van der Waals surface area contributed by atoms with Gasteiger partial charge in [0.2, 0.25) is 5.91 Å². The van der Waals surface area contributed by atoms with Crippen molar-refractivity contribution in [2.24, 2.45) is 0 Å². The molecule has 0 radical (unpaired) electrons. The lowest BCUT2D eigenvalue weighted by Gasteiger charge is -2.19. The third-order valence-corrected chi connectivity index (χ3v) is 4.79. The smallest absolute Gasteiger partial charge is 0.338 e. The number of carbonyl (C=O) groups is 3. The maximum Gasteiger partial charge on any atom is 0.338 e. The average Bonchev–Trinajstić information content (AvgIpc) is 2.71. The number of benzene rings is 2. The molecule has 6 heteroatoms. The lowest BCUT2D eigenvalue weighted by molar-refractivity contribution is -0.136. The van der Waals surface area contributed by atoms with E-state index in [0.717, 1.165) is 23.2 Å². The van der Waals surface area contributed by atoms with Crippen molar-refractivity contribution in [2.75, 3.05) is 25.5 Å². The Hall–Kier alpha value is -3.15. The van der Waals surface area contributed by atoms with E-state index in [-0.39, 0.29) is 17.9 Å². The maximum absolute atomic E-state index is 12.3. The first-order valence-electron chi connectivity index (χ1n) is 10.0. The molecule has 2 rings (SSSR count). The summed E-state index contributed by atoms with van der Waals surface area (Å²) in [6, 6.07) is 14.7. The van der Waals surface area contributed by atoms with Crippen LogP contribution in [0.4, 0.5) is 5.69 Å². The number of ether oxygens (including phenoxy) is 1. The maximum atomic E-state index is 12.3. The zero-order chi connectivity index (χ0) is 22.3. The molecule has 0 spiro atoms. The molecule has 2 amide bonds. The second kappa shape index (κ2) is 10.1. The highest BCUT2D eigenvalue weighted by molar-refractivity contribution is 5.96. The van der Waals surface area contributed by atoms with E-state index < -0.39 is 18.5 Å². The molecule has 0 fully saturated rings. The van der Waals surface area contributed by atoms with E-state index in [9.17, 15) is 14.4 Å². The third-order valence-electron chi connectivity index (χ3n) is 4.79. The molecule has 6 nitrogen and oxygen atoms in total. The van der Waals surface area contributed by atoms with Crippen molar-refractivity contribution in [3.63, 3.8) is 0 Å². The molecule has 2 aromatic rings. The van der Waals surface area contributed by atoms with Crippen molar-refractivity contribution in [3.8, 4) is 0 Å². The van der Waals surface area contributed by atoms with Crippen LogP contribution < -0.4 is 5.32 Å². The largest absolute Gasteiger partial charge is 0.452 e. The molecule has 0 saturated heterocycles. The molecular weight excluding hydrogens is 380 g/mol. The molecule has 0 aromatic heterocycles. The van der Waals surface area contributed by atoms with Crippen LogP contribution in [0.25, 0.3) is 0 Å². The van der Waals surface area contributed by atoms with Gasteiger partial charge in [-0.2, -0.15) is 0 Å². The number of nitrogens with zero attached hydrogens (tertiary/aromatic N) is 1. The normalized spacial score (nSPS) is 11.0. The molecule has 1 N–H and O–H groups in total. The van der Waals surface area contributed by atoms with Gasteiger partial charge in [0.05, 0.1) is 12.1 Å². The second-order valence-electron chi connectivity index (χ2n) is 8.21. The number of carbonyl (C=O) groups excluding carboxylic acids is 3. The minimum absolute atomic E-state index is 0.0146. The van der Waals surface area contributed by atoms with E-state index in [1.165, 1.54) is 11.9 Å². The van der Waals surface area contributed by atoms with Crippen LogP contribution in [-0.4, -0.2) is 42.9 Å². The van der Waals surface area contributed by atoms with Gasteiger partial charge in [-0.1, -0.05) is 58.0 Å². The lowest BCUT2D eigenvalue weighted by Crippen LogP contribution is -2.37. The number of para-hydroxylation sites is 1. The Morgan fingerprint density at radius 1 is 1.00 bits per heavy atom. The molecule has 30 heavy (non-hydrogen) atoms. The number of rotatable bonds is 7. The zero-order valence-corrected chi connectivity index (χ0v) is 18.3. The van der Waals surface area contributed by atoms with Crippen molar-refractivity contribution in [3.05, 3.63) is 65.2 Å². The van der Waals surface area contributed by atoms with E-state index in [1.54, 1.807) is 12.1 Å². The molecule has 0 saturated carbocycles. The van der Waals surface area contributed by atoms with Gasteiger partial charge in [-0.3, -0.25) is 9.59 Å². The number of hydrogen-bond acceptors (Lipinski definition) is 4.